The summed E-state index contributed by atoms with van der Waals surface area (Å²) in [5, 5.41) is 9.52. The average Bonchev–Trinajstić information content (AvgIpc) is 2.81. The van der Waals surface area contributed by atoms with Crippen LogP contribution < -0.4 is 5.32 Å². The number of nitrogens with one attached hydrogen (secondary N) is 1. The van der Waals surface area contributed by atoms with E-state index in [4.69, 9.17) is 34.8 Å². The molecule has 1 atom stereocenters. The highest BCUT2D eigenvalue weighted by Crippen LogP contribution is 2.33. The highest BCUT2D eigenvalue weighted by atomic mass is 35.5. The SMILES string of the molecule is CCNC(c1ccc(Cl)c(Cl)c1)c1c(Cl)cnn1C(C)C. The molecule has 0 aliphatic carbocycles. The number of hydrogen-bond acceptors (Lipinski definition) is 2. The van der Waals surface area contributed by atoms with Crippen molar-refractivity contribution in [1.82, 2.24) is 15.1 Å². The van der Waals surface area contributed by atoms with E-state index < -0.39 is 0 Å². The van der Waals surface area contributed by atoms with Gasteiger partial charge in [-0.1, -0.05) is 47.8 Å². The van der Waals surface area contributed by atoms with Crippen molar-refractivity contribution in [3.63, 3.8) is 0 Å². The molecule has 0 fully saturated rings. The number of nitrogens with zero attached hydrogens (tertiary/aromatic N) is 2. The lowest BCUT2D eigenvalue weighted by Gasteiger charge is -2.22. The van der Waals surface area contributed by atoms with Crippen molar-refractivity contribution in [2.75, 3.05) is 6.54 Å². The summed E-state index contributed by atoms with van der Waals surface area (Å²) in [6, 6.07) is 5.76. The third-order valence-electron chi connectivity index (χ3n) is 3.23. The molecule has 0 radical (unpaired) electrons. The van der Waals surface area contributed by atoms with Gasteiger partial charge in [0.05, 0.1) is 33.0 Å². The molecule has 0 amide bonds. The molecule has 1 N–H and O–H groups in total. The number of aromatic nitrogens is 2. The Morgan fingerprint density at radius 3 is 2.43 bits per heavy atom. The van der Waals surface area contributed by atoms with Crippen molar-refractivity contribution in [2.24, 2.45) is 0 Å². The molecule has 0 bridgehead atoms. The van der Waals surface area contributed by atoms with Crippen LogP contribution in [0.4, 0.5) is 0 Å². The zero-order valence-electron chi connectivity index (χ0n) is 12.2. The maximum absolute atomic E-state index is 6.36. The van der Waals surface area contributed by atoms with Crippen LogP contribution in [0.3, 0.4) is 0 Å². The maximum atomic E-state index is 6.36. The van der Waals surface area contributed by atoms with E-state index in [1.54, 1.807) is 12.3 Å². The van der Waals surface area contributed by atoms with Gasteiger partial charge in [0.15, 0.2) is 0 Å². The van der Waals surface area contributed by atoms with Crippen molar-refractivity contribution in [2.45, 2.75) is 32.9 Å². The first-order valence-corrected chi connectivity index (χ1v) is 8.00. The summed E-state index contributed by atoms with van der Waals surface area (Å²) in [6.07, 6.45) is 1.68. The highest BCUT2D eigenvalue weighted by Gasteiger charge is 2.23. The standard InChI is InChI=1S/C15H18Cl3N3/c1-4-19-14(10-5-6-11(16)12(17)7-10)15-13(18)8-20-21(15)9(2)3/h5-9,14,19H,4H2,1-3H3. The molecule has 1 aromatic heterocycles. The zero-order chi connectivity index (χ0) is 15.6. The van der Waals surface area contributed by atoms with Gasteiger partial charge in [-0.05, 0) is 38.1 Å². The minimum atomic E-state index is -0.0813. The smallest absolute Gasteiger partial charge is 0.0837 e. The minimum Gasteiger partial charge on any atom is -0.305 e. The molecule has 2 aromatic rings. The Hall–Kier alpha value is -0.740. The van der Waals surface area contributed by atoms with Crippen molar-refractivity contribution >= 4 is 34.8 Å². The van der Waals surface area contributed by atoms with Gasteiger partial charge in [-0.15, -0.1) is 0 Å². The van der Waals surface area contributed by atoms with Crippen LogP contribution in [-0.2, 0) is 0 Å². The summed E-state index contributed by atoms with van der Waals surface area (Å²) in [5.74, 6) is 0. The van der Waals surface area contributed by atoms with Crippen molar-refractivity contribution in [3.8, 4) is 0 Å². The Balaban J connectivity index is 2.53. The number of halogens is 3. The first-order valence-electron chi connectivity index (χ1n) is 6.87. The number of benzene rings is 1. The summed E-state index contributed by atoms with van der Waals surface area (Å²) in [7, 11) is 0. The van der Waals surface area contributed by atoms with Crippen molar-refractivity contribution in [3.05, 3.63) is 50.7 Å². The van der Waals surface area contributed by atoms with Gasteiger partial charge in [0.25, 0.3) is 0 Å². The number of hydrogen-bond donors (Lipinski definition) is 1. The lowest BCUT2D eigenvalue weighted by atomic mass is 10.0. The van der Waals surface area contributed by atoms with E-state index in [2.05, 4.69) is 31.2 Å². The average molecular weight is 347 g/mol. The van der Waals surface area contributed by atoms with Crippen molar-refractivity contribution in [1.29, 1.82) is 0 Å². The maximum Gasteiger partial charge on any atom is 0.0837 e. The van der Waals surface area contributed by atoms with E-state index in [9.17, 15) is 0 Å². The van der Waals surface area contributed by atoms with Crippen LogP contribution in [0, 0.1) is 0 Å². The Kier molecular flexibility index (Phi) is 5.55. The van der Waals surface area contributed by atoms with Crippen molar-refractivity contribution < 1.29 is 0 Å². The van der Waals surface area contributed by atoms with E-state index in [0.717, 1.165) is 17.8 Å². The Morgan fingerprint density at radius 1 is 1.14 bits per heavy atom. The van der Waals surface area contributed by atoms with Gasteiger partial charge in [-0.3, -0.25) is 4.68 Å². The molecule has 1 unspecified atom stereocenters. The molecule has 21 heavy (non-hydrogen) atoms. The molecule has 114 valence electrons. The van der Waals surface area contributed by atoms with Gasteiger partial charge in [0.2, 0.25) is 0 Å². The van der Waals surface area contributed by atoms with Gasteiger partial charge in [0, 0.05) is 6.04 Å². The Morgan fingerprint density at radius 2 is 1.86 bits per heavy atom. The third-order valence-corrected chi connectivity index (χ3v) is 4.27. The zero-order valence-corrected chi connectivity index (χ0v) is 14.5. The predicted molar refractivity (Wildman–Crippen MR) is 89.6 cm³/mol. The molecular formula is C15H18Cl3N3. The van der Waals surface area contributed by atoms with E-state index >= 15 is 0 Å². The second-order valence-corrected chi connectivity index (χ2v) is 6.30. The molecule has 1 aromatic carbocycles. The third kappa shape index (κ3) is 3.54. The second kappa shape index (κ2) is 7.01. The van der Waals surface area contributed by atoms with Gasteiger partial charge < -0.3 is 5.32 Å². The van der Waals surface area contributed by atoms with Crippen LogP contribution in [0.2, 0.25) is 15.1 Å². The topological polar surface area (TPSA) is 29.9 Å². The molecule has 0 saturated heterocycles. The van der Waals surface area contributed by atoms with Crippen LogP contribution >= 0.6 is 34.8 Å². The molecule has 3 nitrogen and oxygen atoms in total. The fraction of sp³-hybridized carbons (Fsp3) is 0.400. The molecule has 0 aliphatic rings. The first-order chi connectivity index (χ1) is 9.95. The number of rotatable bonds is 5. The molecule has 0 saturated carbocycles. The van der Waals surface area contributed by atoms with E-state index in [-0.39, 0.29) is 12.1 Å². The molecule has 2 rings (SSSR count). The van der Waals surface area contributed by atoms with E-state index in [1.165, 1.54) is 0 Å². The normalized spacial score (nSPS) is 12.9. The fourth-order valence-electron chi connectivity index (χ4n) is 2.30. The lowest BCUT2D eigenvalue weighted by Crippen LogP contribution is -2.25. The molecule has 1 heterocycles. The highest BCUT2D eigenvalue weighted by molar-refractivity contribution is 6.42. The minimum absolute atomic E-state index is 0.0813. The second-order valence-electron chi connectivity index (χ2n) is 5.08. The van der Waals surface area contributed by atoms with Gasteiger partial charge in [0.1, 0.15) is 0 Å². The summed E-state index contributed by atoms with van der Waals surface area (Å²) in [5.41, 5.74) is 1.95. The fourth-order valence-corrected chi connectivity index (χ4v) is 2.85. The van der Waals surface area contributed by atoms with Gasteiger partial charge >= 0.3 is 0 Å². The van der Waals surface area contributed by atoms with Gasteiger partial charge in [-0.25, -0.2) is 0 Å². The molecule has 0 spiro atoms. The lowest BCUT2D eigenvalue weighted by molar-refractivity contribution is 0.476. The Labute approximate surface area is 140 Å². The van der Waals surface area contributed by atoms with E-state index in [0.29, 0.717) is 15.1 Å². The predicted octanol–water partition coefficient (Wildman–Crippen LogP) is 5.12. The summed E-state index contributed by atoms with van der Waals surface area (Å²) in [4.78, 5) is 0. The molecule has 6 heteroatoms. The molecular weight excluding hydrogens is 329 g/mol. The molecule has 0 aliphatic heterocycles. The van der Waals surface area contributed by atoms with E-state index in [1.807, 2.05) is 16.8 Å². The summed E-state index contributed by atoms with van der Waals surface area (Å²) < 4.78 is 1.93. The van der Waals surface area contributed by atoms with Crippen LogP contribution in [0.5, 0.6) is 0 Å². The van der Waals surface area contributed by atoms with Gasteiger partial charge in [-0.2, -0.15) is 5.10 Å². The quantitative estimate of drug-likeness (QED) is 0.814. The summed E-state index contributed by atoms with van der Waals surface area (Å²) >= 11 is 18.5. The van der Waals surface area contributed by atoms with Crippen LogP contribution in [0.25, 0.3) is 0 Å². The summed E-state index contributed by atoms with van der Waals surface area (Å²) in [6.45, 7) is 6.99. The first kappa shape index (κ1) is 16.6. The van der Waals surface area contributed by atoms with Crippen LogP contribution in [0.15, 0.2) is 24.4 Å². The monoisotopic (exact) mass is 345 g/mol. The largest absolute Gasteiger partial charge is 0.305 e. The Bertz CT molecular complexity index is 623. The van der Waals surface area contributed by atoms with Crippen LogP contribution in [-0.4, -0.2) is 16.3 Å². The van der Waals surface area contributed by atoms with Crippen LogP contribution in [0.1, 0.15) is 44.1 Å².